The van der Waals surface area contributed by atoms with E-state index >= 15 is 0 Å². The Kier molecular flexibility index (Phi) is 4.63. The number of carbonyl (C=O) groups is 1. The van der Waals surface area contributed by atoms with Crippen LogP contribution in [0.5, 0.6) is 5.75 Å². The average molecular weight is 305 g/mol. The standard InChI is InChI=1S/C16H19NO3S/c1-9(2)16-17-15(13(21-16)8-14(18)19)11-5-6-12(20-4)10(3)7-11/h5-7,9H,8H2,1-4H3,(H,18,19). The van der Waals surface area contributed by atoms with Crippen LogP contribution in [-0.2, 0) is 11.2 Å². The zero-order chi connectivity index (χ0) is 15.6. The molecule has 4 nitrogen and oxygen atoms in total. The van der Waals surface area contributed by atoms with Crippen molar-refractivity contribution in [1.82, 2.24) is 4.98 Å². The van der Waals surface area contributed by atoms with Crippen LogP contribution in [-0.4, -0.2) is 23.2 Å². The summed E-state index contributed by atoms with van der Waals surface area (Å²) >= 11 is 1.48. The van der Waals surface area contributed by atoms with Gasteiger partial charge >= 0.3 is 5.97 Å². The number of hydrogen-bond acceptors (Lipinski definition) is 4. The lowest BCUT2D eigenvalue weighted by molar-refractivity contribution is -0.136. The van der Waals surface area contributed by atoms with Crippen molar-refractivity contribution in [2.45, 2.75) is 33.1 Å². The van der Waals surface area contributed by atoms with Crippen LogP contribution in [0.4, 0.5) is 0 Å². The van der Waals surface area contributed by atoms with E-state index in [0.717, 1.165) is 32.5 Å². The van der Waals surface area contributed by atoms with Crippen molar-refractivity contribution in [3.05, 3.63) is 33.6 Å². The summed E-state index contributed by atoms with van der Waals surface area (Å²) in [5.74, 6) is 0.272. The summed E-state index contributed by atoms with van der Waals surface area (Å²) < 4.78 is 5.26. The molecule has 112 valence electrons. The second kappa shape index (κ2) is 6.26. The number of thiazole rings is 1. The van der Waals surface area contributed by atoms with Crippen LogP contribution in [0, 0.1) is 6.92 Å². The number of carboxylic acid groups (broad SMARTS) is 1. The summed E-state index contributed by atoms with van der Waals surface area (Å²) in [4.78, 5) is 16.5. The van der Waals surface area contributed by atoms with E-state index in [2.05, 4.69) is 18.8 Å². The van der Waals surface area contributed by atoms with E-state index in [1.165, 1.54) is 11.3 Å². The molecule has 21 heavy (non-hydrogen) atoms. The number of carboxylic acids is 1. The van der Waals surface area contributed by atoms with Gasteiger partial charge in [-0.15, -0.1) is 11.3 Å². The van der Waals surface area contributed by atoms with E-state index in [1.807, 2.05) is 25.1 Å². The Morgan fingerprint density at radius 2 is 2.14 bits per heavy atom. The van der Waals surface area contributed by atoms with Crippen molar-refractivity contribution >= 4 is 17.3 Å². The van der Waals surface area contributed by atoms with E-state index < -0.39 is 5.97 Å². The number of hydrogen-bond donors (Lipinski definition) is 1. The molecule has 0 aliphatic carbocycles. The first-order chi connectivity index (χ1) is 9.92. The highest BCUT2D eigenvalue weighted by molar-refractivity contribution is 7.12. The van der Waals surface area contributed by atoms with Gasteiger partial charge in [0.05, 0.1) is 24.2 Å². The fraction of sp³-hybridized carbons (Fsp3) is 0.375. The van der Waals surface area contributed by atoms with Gasteiger partial charge in [-0.05, 0) is 30.7 Å². The Labute approximate surface area is 128 Å². The van der Waals surface area contributed by atoms with Crippen LogP contribution in [0.25, 0.3) is 11.3 Å². The lowest BCUT2D eigenvalue weighted by Gasteiger charge is -2.07. The molecule has 0 atom stereocenters. The quantitative estimate of drug-likeness (QED) is 0.910. The Balaban J connectivity index is 2.50. The average Bonchev–Trinajstić information content (AvgIpc) is 2.82. The van der Waals surface area contributed by atoms with Crippen LogP contribution in [0.3, 0.4) is 0 Å². The molecular weight excluding hydrogens is 286 g/mol. The highest BCUT2D eigenvalue weighted by Crippen LogP contribution is 2.34. The van der Waals surface area contributed by atoms with Crippen molar-refractivity contribution in [2.75, 3.05) is 7.11 Å². The van der Waals surface area contributed by atoms with Crippen molar-refractivity contribution in [3.63, 3.8) is 0 Å². The predicted molar refractivity (Wildman–Crippen MR) is 84.3 cm³/mol. The summed E-state index contributed by atoms with van der Waals surface area (Å²) in [5, 5.41) is 10.0. The molecule has 1 aromatic heterocycles. The molecule has 0 amide bonds. The molecule has 2 rings (SSSR count). The van der Waals surface area contributed by atoms with E-state index in [0.29, 0.717) is 0 Å². The number of nitrogens with zero attached hydrogens (tertiary/aromatic N) is 1. The highest BCUT2D eigenvalue weighted by Gasteiger charge is 2.17. The number of aryl methyl sites for hydroxylation is 1. The summed E-state index contributed by atoms with van der Waals surface area (Å²) in [6, 6.07) is 5.81. The molecule has 1 heterocycles. The number of rotatable bonds is 5. The largest absolute Gasteiger partial charge is 0.496 e. The van der Waals surface area contributed by atoms with E-state index in [1.54, 1.807) is 7.11 Å². The maximum absolute atomic E-state index is 11.1. The molecule has 0 saturated heterocycles. The van der Waals surface area contributed by atoms with E-state index in [9.17, 15) is 4.79 Å². The Morgan fingerprint density at radius 3 is 2.67 bits per heavy atom. The molecule has 1 N–H and O–H groups in total. The molecule has 0 bridgehead atoms. The molecule has 1 aromatic carbocycles. The van der Waals surface area contributed by atoms with Gasteiger partial charge in [-0.2, -0.15) is 0 Å². The van der Waals surface area contributed by atoms with Crippen molar-refractivity contribution in [1.29, 1.82) is 0 Å². The second-order valence-electron chi connectivity index (χ2n) is 5.23. The molecule has 0 aliphatic rings. The fourth-order valence-electron chi connectivity index (χ4n) is 2.13. The summed E-state index contributed by atoms with van der Waals surface area (Å²) in [6.07, 6.45) is 0.00476. The van der Waals surface area contributed by atoms with Gasteiger partial charge in [0, 0.05) is 16.4 Å². The first-order valence-corrected chi connectivity index (χ1v) is 7.60. The Bertz CT molecular complexity index is 662. The zero-order valence-electron chi connectivity index (χ0n) is 12.6. The third-order valence-electron chi connectivity index (χ3n) is 3.19. The lowest BCUT2D eigenvalue weighted by Crippen LogP contribution is -1.99. The molecule has 2 aromatic rings. The molecule has 0 unspecified atom stereocenters. The molecule has 0 spiro atoms. The lowest BCUT2D eigenvalue weighted by atomic mass is 10.1. The van der Waals surface area contributed by atoms with Gasteiger partial charge in [0.15, 0.2) is 0 Å². The molecular formula is C16H19NO3S. The van der Waals surface area contributed by atoms with Crippen molar-refractivity contribution in [3.8, 4) is 17.0 Å². The molecule has 0 fully saturated rings. The number of aliphatic carboxylic acids is 1. The summed E-state index contributed by atoms with van der Waals surface area (Å²) in [7, 11) is 1.64. The molecule has 0 radical (unpaired) electrons. The normalized spacial score (nSPS) is 10.9. The van der Waals surface area contributed by atoms with Gasteiger partial charge in [0.1, 0.15) is 5.75 Å². The molecule has 0 aliphatic heterocycles. The monoisotopic (exact) mass is 305 g/mol. The third kappa shape index (κ3) is 3.42. The first kappa shape index (κ1) is 15.5. The third-order valence-corrected chi connectivity index (χ3v) is 4.54. The SMILES string of the molecule is COc1ccc(-c2nc(C(C)C)sc2CC(=O)O)cc1C. The summed E-state index contributed by atoms with van der Waals surface area (Å²) in [6.45, 7) is 6.09. The minimum atomic E-state index is -0.833. The van der Waals surface area contributed by atoms with Crippen LogP contribution >= 0.6 is 11.3 Å². The van der Waals surface area contributed by atoms with Crippen LogP contribution in [0.2, 0.25) is 0 Å². The smallest absolute Gasteiger partial charge is 0.308 e. The second-order valence-corrected chi connectivity index (χ2v) is 6.35. The first-order valence-electron chi connectivity index (χ1n) is 6.78. The number of methoxy groups -OCH3 is 1. The van der Waals surface area contributed by atoms with Crippen LogP contribution < -0.4 is 4.74 Å². The van der Waals surface area contributed by atoms with Gasteiger partial charge < -0.3 is 9.84 Å². The minimum absolute atomic E-state index is 0.00476. The molecule has 5 heteroatoms. The number of benzene rings is 1. The van der Waals surface area contributed by atoms with Crippen molar-refractivity contribution < 1.29 is 14.6 Å². The van der Waals surface area contributed by atoms with Crippen LogP contribution in [0.15, 0.2) is 18.2 Å². The van der Waals surface area contributed by atoms with E-state index in [4.69, 9.17) is 9.84 Å². The zero-order valence-corrected chi connectivity index (χ0v) is 13.5. The number of ether oxygens (including phenoxy) is 1. The van der Waals surface area contributed by atoms with Gasteiger partial charge in [-0.1, -0.05) is 13.8 Å². The Hall–Kier alpha value is -1.88. The minimum Gasteiger partial charge on any atom is -0.496 e. The van der Waals surface area contributed by atoms with Gasteiger partial charge in [0.2, 0.25) is 0 Å². The van der Waals surface area contributed by atoms with E-state index in [-0.39, 0.29) is 12.3 Å². The Morgan fingerprint density at radius 1 is 1.43 bits per heavy atom. The maximum Gasteiger partial charge on any atom is 0.308 e. The summed E-state index contributed by atoms with van der Waals surface area (Å²) in [5.41, 5.74) is 2.72. The predicted octanol–water partition coefficient (Wildman–Crippen LogP) is 3.88. The van der Waals surface area contributed by atoms with Crippen LogP contribution in [0.1, 0.15) is 35.2 Å². The molecule has 0 saturated carbocycles. The van der Waals surface area contributed by atoms with Crippen molar-refractivity contribution in [2.24, 2.45) is 0 Å². The topological polar surface area (TPSA) is 59.4 Å². The highest BCUT2D eigenvalue weighted by atomic mass is 32.1. The fourth-order valence-corrected chi connectivity index (χ4v) is 3.21. The number of aromatic nitrogens is 1. The maximum atomic E-state index is 11.1. The van der Waals surface area contributed by atoms with Gasteiger partial charge in [-0.3, -0.25) is 4.79 Å². The van der Waals surface area contributed by atoms with Gasteiger partial charge in [-0.25, -0.2) is 4.98 Å². The van der Waals surface area contributed by atoms with Gasteiger partial charge in [0.25, 0.3) is 0 Å².